The van der Waals surface area contributed by atoms with Crippen LogP contribution in [0.4, 0.5) is 0 Å². The highest BCUT2D eigenvalue weighted by molar-refractivity contribution is 5.70. The molecule has 0 aliphatic carbocycles. The van der Waals surface area contributed by atoms with Gasteiger partial charge in [-0.3, -0.25) is 0 Å². The van der Waals surface area contributed by atoms with Crippen LogP contribution in [-0.4, -0.2) is 37.9 Å². The highest BCUT2D eigenvalue weighted by Gasteiger charge is 2.21. The number of rotatable bonds is 14. The van der Waals surface area contributed by atoms with Crippen molar-refractivity contribution in [3.8, 4) is 5.75 Å². The first kappa shape index (κ1) is 23.9. The Labute approximate surface area is 182 Å². The van der Waals surface area contributed by atoms with Gasteiger partial charge in [0.05, 0.1) is 14.1 Å². The minimum Gasteiger partial charge on any atom is -0.457 e. The maximum Gasteiger partial charge on any atom is 0.364 e. The Kier molecular flexibility index (Phi) is 10.4. The van der Waals surface area contributed by atoms with Crippen molar-refractivity contribution in [1.82, 2.24) is 0 Å². The van der Waals surface area contributed by atoms with Gasteiger partial charge in [0.25, 0.3) is 0 Å². The van der Waals surface area contributed by atoms with Crippen molar-refractivity contribution < 1.29 is 18.8 Å². The minimum atomic E-state index is -0.251. The molecule has 4 heteroatoms. The highest BCUT2D eigenvalue weighted by atomic mass is 16.7. The quantitative estimate of drug-likeness (QED) is 0.172. The van der Waals surface area contributed by atoms with E-state index in [4.69, 9.17) is 9.47 Å². The molecule has 0 saturated carbocycles. The third-order valence-electron chi connectivity index (χ3n) is 5.17. The van der Waals surface area contributed by atoms with Crippen LogP contribution in [0.2, 0.25) is 0 Å². The van der Waals surface area contributed by atoms with Gasteiger partial charge in [-0.05, 0) is 30.5 Å². The average molecular weight is 413 g/mol. The highest BCUT2D eigenvalue weighted by Crippen LogP contribution is 2.16. The Morgan fingerprint density at radius 1 is 0.867 bits per heavy atom. The number of benzene rings is 2. The summed E-state index contributed by atoms with van der Waals surface area (Å²) in [5.41, 5.74) is 2.48. The molecule has 0 aliphatic rings. The van der Waals surface area contributed by atoms with Gasteiger partial charge in [-0.1, -0.05) is 81.5 Å². The SMILES string of the molecule is CCCCCCCCc1cccc(OCOC(=O)C[N+](C)(C)Cc2ccccc2)c1. The smallest absolute Gasteiger partial charge is 0.364 e. The van der Waals surface area contributed by atoms with Crippen LogP contribution in [0.5, 0.6) is 5.75 Å². The average Bonchev–Trinajstić information content (AvgIpc) is 2.71. The lowest BCUT2D eigenvalue weighted by atomic mass is 10.0. The molecule has 2 aromatic carbocycles. The van der Waals surface area contributed by atoms with Crippen LogP contribution in [0.15, 0.2) is 54.6 Å². The lowest BCUT2D eigenvalue weighted by Gasteiger charge is -2.28. The first-order valence-corrected chi connectivity index (χ1v) is 11.2. The third-order valence-corrected chi connectivity index (χ3v) is 5.17. The second kappa shape index (κ2) is 13.1. The van der Waals surface area contributed by atoms with Gasteiger partial charge in [0.2, 0.25) is 6.79 Å². The lowest BCUT2D eigenvalue weighted by molar-refractivity contribution is -0.896. The predicted molar refractivity (Wildman–Crippen MR) is 122 cm³/mol. The molecule has 0 amide bonds. The Hall–Kier alpha value is -2.33. The van der Waals surface area contributed by atoms with Gasteiger partial charge in [0, 0.05) is 5.56 Å². The topological polar surface area (TPSA) is 35.5 Å². The zero-order chi connectivity index (χ0) is 21.7. The molecule has 2 aromatic rings. The summed E-state index contributed by atoms with van der Waals surface area (Å²) in [5, 5.41) is 0. The molecule has 0 aliphatic heterocycles. The maximum atomic E-state index is 12.2. The van der Waals surface area contributed by atoms with Gasteiger partial charge in [-0.2, -0.15) is 0 Å². The first-order chi connectivity index (χ1) is 14.5. The molecule has 30 heavy (non-hydrogen) atoms. The number of carbonyl (C=O) groups excluding carboxylic acids is 1. The van der Waals surface area contributed by atoms with E-state index in [1.165, 1.54) is 49.7 Å². The van der Waals surface area contributed by atoms with Crippen molar-refractivity contribution in [1.29, 1.82) is 0 Å². The van der Waals surface area contributed by atoms with Crippen LogP contribution in [0.25, 0.3) is 0 Å². The Bertz CT molecular complexity index is 743. The van der Waals surface area contributed by atoms with Crippen LogP contribution in [0.3, 0.4) is 0 Å². The molecule has 4 nitrogen and oxygen atoms in total. The lowest BCUT2D eigenvalue weighted by Crippen LogP contribution is -2.43. The number of hydrogen-bond donors (Lipinski definition) is 0. The minimum absolute atomic E-state index is 0.0510. The first-order valence-electron chi connectivity index (χ1n) is 11.2. The summed E-state index contributed by atoms with van der Waals surface area (Å²) in [5.74, 6) is 0.503. The fraction of sp³-hybridized carbons (Fsp3) is 0.500. The number of unbranched alkanes of at least 4 members (excludes halogenated alkanes) is 5. The molecule has 0 fully saturated rings. The number of esters is 1. The van der Waals surface area contributed by atoms with Gasteiger partial charge in [-0.25, -0.2) is 4.79 Å². The van der Waals surface area contributed by atoms with Crippen LogP contribution in [0, 0.1) is 0 Å². The van der Waals surface area contributed by atoms with E-state index in [1.54, 1.807) is 0 Å². The molecular weight excluding hydrogens is 374 g/mol. The zero-order valence-corrected chi connectivity index (χ0v) is 18.9. The molecular formula is C26H38NO3+. The van der Waals surface area contributed by atoms with E-state index in [0.717, 1.165) is 18.7 Å². The van der Waals surface area contributed by atoms with E-state index in [2.05, 4.69) is 31.2 Å². The number of aryl methyl sites for hydroxylation is 1. The van der Waals surface area contributed by atoms with Gasteiger partial charge in [0.1, 0.15) is 12.3 Å². The number of quaternary nitrogens is 1. The van der Waals surface area contributed by atoms with Crippen molar-refractivity contribution in [2.24, 2.45) is 0 Å². The molecule has 0 unspecified atom stereocenters. The Morgan fingerprint density at radius 2 is 1.57 bits per heavy atom. The van der Waals surface area contributed by atoms with Crippen molar-refractivity contribution in [2.45, 2.75) is 58.4 Å². The molecule has 2 rings (SSSR count). The largest absolute Gasteiger partial charge is 0.457 e. The number of hydrogen-bond acceptors (Lipinski definition) is 3. The van der Waals surface area contributed by atoms with Gasteiger partial charge in [0.15, 0.2) is 6.54 Å². The second-order valence-electron chi connectivity index (χ2n) is 8.68. The van der Waals surface area contributed by atoms with Crippen LogP contribution < -0.4 is 4.74 Å². The second-order valence-corrected chi connectivity index (χ2v) is 8.68. The molecule has 0 aromatic heterocycles. The Balaban J connectivity index is 1.68. The molecule has 164 valence electrons. The van der Waals surface area contributed by atoms with E-state index in [9.17, 15) is 4.79 Å². The van der Waals surface area contributed by atoms with E-state index in [-0.39, 0.29) is 12.8 Å². The summed E-state index contributed by atoms with van der Waals surface area (Å²) in [6.45, 7) is 3.27. The molecule has 0 spiro atoms. The predicted octanol–water partition coefficient (Wildman–Crippen LogP) is 5.75. The monoisotopic (exact) mass is 412 g/mol. The summed E-state index contributed by atoms with van der Waals surface area (Å²) in [6.07, 6.45) is 8.83. The molecule has 0 bridgehead atoms. The normalized spacial score (nSPS) is 11.3. The van der Waals surface area contributed by atoms with E-state index >= 15 is 0 Å². The van der Waals surface area contributed by atoms with E-state index in [1.807, 2.05) is 44.4 Å². The van der Waals surface area contributed by atoms with Crippen LogP contribution in [-0.2, 0) is 22.5 Å². The summed E-state index contributed by atoms with van der Waals surface area (Å²) >= 11 is 0. The van der Waals surface area contributed by atoms with E-state index < -0.39 is 0 Å². The van der Waals surface area contributed by atoms with Gasteiger partial charge < -0.3 is 14.0 Å². The van der Waals surface area contributed by atoms with E-state index in [0.29, 0.717) is 11.0 Å². The zero-order valence-electron chi connectivity index (χ0n) is 18.9. The summed E-state index contributed by atoms with van der Waals surface area (Å²) < 4.78 is 11.5. The summed E-state index contributed by atoms with van der Waals surface area (Å²) in [4.78, 5) is 12.2. The standard InChI is InChI=1S/C26H38NO3/c1-4-5-6-7-8-10-14-23-17-13-18-25(19-23)29-22-30-26(28)21-27(2,3)20-24-15-11-9-12-16-24/h9,11-13,15-19H,4-8,10,14,20-22H2,1-3H3/q+1. The number of carbonyl (C=O) groups is 1. The van der Waals surface area contributed by atoms with Crippen LogP contribution >= 0.6 is 0 Å². The van der Waals surface area contributed by atoms with Gasteiger partial charge >= 0.3 is 5.97 Å². The number of likely N-dealkylation sites (N-methyl/N-ethyl adjacent to an activating group) is 1. The van der Waals surface area contributed by atoms with Crippen molar-refractivity contribution in [3.05, 3.63) is 65.7 Å². The number of nitrogens with zero attached hydrogens (tertiary/aromatic N) is 1. The summed E-state index contributed by atoms with van der Waals surface area (Å²) in [7, 11) is 4.06. The van der Waals surface area contributed by atoms with Crippen molar-refractivity contribution >= 4 is 5.97 Å². The maximum absolute atomic E-state index is 12.2. The fourth-order valence-corrected chi connectivity index (χ4v) is 3.59. The molecule has 0 saturated heterocycles. The Morgan fingerprint density at radius 3 is 2.33 bits per heavy atom. The van der Waals surface area contributed by atoms with Crippen LogP contribution in [0.1, 0.15) is 56.6 Å². The number of ether oxygens (including phenoxy) is 2. The summed E-state index contributed by atoms with van der Waals surface area (Å²) in [6, 6.07) is 18.3. The molecule has 0 N–H and O–H groups in total. The third kappa shape index (κ3) is 9.93. The molecule has 0 heterocycles. The van der Waals surface area contributed by atoms with Crippen molar-refractivity contribution in [3.63, 3.8) is 0 Å². The fourth-order valence-electron chi connectivity index (χ4n) is 3.59. The van der Waals surface area contributed by atoms with Gasteiger partial charge in [-0.15, -0.1) is 0 Å². The van der Waals surface area contributed by atoms with Crippen molar-refractivity contribution in [2.75, 3.05) is 27.4 Å². The molecule has 0 radical (unpaired) electrons. The molecule has 0 atom stereocenters.